The van der Waals surface area contributed by atoms with Gasteiger partial charge < -0.3 is 0 Å². The van der Waals surface area contributed by atoms with E-state index in [0.717, 1.165) is 3.57 Å². The van der Waals surface area contributed by atoms with Crippen LogP contribution in [0.5, 0.6) is 0 Å². The number of nitrogens with zero attached hydrogens (tertiary/aromatic N) is 4. The fourth-order valence-electron chi connectivity index (χ4n) is 2.23. The molecular formula is C16H12IN5O3. The average Bonchev–Trinajstić information content (AvgIpc) is 2.88. The molecule has 0 aliphatic heterocycles. The van der Waals surface area contributed by atoms with Crippen LogP contribution in [0.4, 0.5) is 17.1 Å². The molecule has 1 aromatic heterocycles. The molecule has 0 amide bonds. The standard InChI is InChI=1S/C16H12IN5O3/c1-10-15(19-18-11-5-4-6-12(9-11)22(24)25)16(23)21(20-10)14-8-3-2-7-13(14)17/h2-9,20H,1H3. The Hall–Kier alpha value is -2.82. The maximum Gasteiger partial charge on any atom is 0.299 e. The lowest BCUT2D eigenvalue weighted by atomic mass is 10.3. The second-order valence-corrected chi connectivity index (χ2v) is 6.32. The minimum Gasteiger partial charge on any atom is -0.293 e. The second kappa shape index (κ2) is 6.97. The zero-order valence-electron chi connectivity index (χ0n) is 13.0. The van der Waals surface area contributed by atoms with Crippen LogP contribution in [0.25, 0.3) is 5.69 Å². The molecule has 0 aliphatic carbocycles. The number of non-ortho nitro benzene ring substituents is 1. The quantitative estimate of drug-likeness (QED) is 0.276. The highest BCUT2D eigenvalue weighted by Gasteiger charge is 2.14. The van der Waals surface area contributed by atoms with Gasteiger partial charge in [-0.25, -0.2) is 4.68 Å². The fraction of sp³-hybridized carbons (Fsp3) is 0.0625. The van der Waals surface area contributed by atoms with Gasteiger partial charge in [0, 0.05) is 15.7 Å². The van der Waals surface area contributed by atoms with Gasteiger partial charge in [0.15, 0.2) is 5.69 Å². The number of para-hydroxylation sites is 1. The Bertz CT molecular complexity index is 1040. The van der Waals surface area contributed by atoms with Crippen molar-refractivity contribution in [2.24, 2.45) is 10.2 Å². The molecule has 9 heteroatoms. The largest absolute Gasteiger partial charge is 0.299 e. The number of nitro benzene ring substituents is 1. The Morgan fingerprint density at radius 2 is 1.92 bits per heavy atom. The molecule has 25 heavy (non-hydrogen) atoms. The molecule has 0 saturated carbocycles. The first-order valence-corrected chi connectivity index (χ1v) is 8.28. The van der Waals surface area contributed by atoms with Crippen molar-refractivity contribution in [3.8, 4) is 5.69 Å². The van der Waals surface area contributed by atoms with Crippen molar-refractivity contribution >= 4 is 39.7 Å². The highest BCUT2D eigenvalue weighted by atomic mass is 127. The normalized spacial score (nSPS) is 11.1. The number of aromatic amines is 1. The zero-order valence-corrected chi connectivity index (χ0v) is 15.2. The van der Waals surface area contributed by atoms with Crippen molar-refractivity contribution in [1.82, 2.24) is 9.78 Å². The summed E-state index contributed by atoms with van der Waals surface area (Å²) in [5, 5.41) is 21.7. The molecule has 1 heterocycles. The first kappa shape index (κ1) is 17.0. The summed E-state index contributed by atoms with van der Waals surface area (Å²) < 4.78 is 2.31. The number of aromatic nitrogens is 2. The number of azo groups is 1. The van der Waals surface area contributed by atoms with Crippen LogP contribution in [0.1, 0.15) is 5.69 Å². The van der Waals surface area contributed by atoms with E-state index < -0.39 is 4.92 Å². The Labute approximate surface area is 155 Å². The van der Waals surface area contributed by atoms with E-state index in [-0.39, 0.29) is 16.9 Å². The van der Waals surface area contributed by atoms with Gasteiger partial charge in [0.1, 0.15) is 0 Å². The Balaban J connectivity index is 2.00. The number of rotatable bonds is 4. The van der Waals surface area contributed by atoms with Crippen LogP contribution >= 0.6 is 22.6 Å². The molecule has 3 rings (SSSR count). The lowest BCUT2D eigenvalue weighted by Crippen LogP contribution is -2.15. The van der Waals surface area contributed by atoms with Crippen LogP contribution in [-0.2, 0) is 0 Å². The minimum absolute atomic E-state index is 0.0847. The van der Waals surface area contributed by atoms with Gasteiger partial charge in [-0.1, -0.05) is 18.2 Å². The smallest absolute Gasteiger partial charge is 0.293 e. The second-order valence-electron chi connectivity index (χ2n) is 5.15. The van der Waals surface area contributed by atoms with Gasteiger partial charge in [0.25, 0.3) is 11.2 Å². The molecule has 0 bridgehead atoms. The summed E-state index contributed by atoms with van der Waals surface area (Å²) >= 11 is 2.14. The summed E-state index contributed by atoms with van der Waals surface area (Å²) in [7, 11) is 0. The summed E-state index contributed by atoms with van der Waals surface area (Å²) in [6.45, 7) is 1.72. The number of H-pyrrole nitrogens is 1. The van der Waals surface area contributed by atoms with Gasteiger partial charge in [-0.2, -0.15) is 5.11 Å². The Morgan fingerprint density at radius 3 is 2.64 bits per heavy atom. The van der Waals surface area contributed by atoms with E-state index in [4.69, 9.17) is 0 Å². The third kappa shape index (κ3) is 3.50. The molecule has 0 saturated heterocycles. The third-order valence-corrected chi connectivity index (χ3v) is 4.35. The summed E-state index contributed by atoms with van der Waals surface area (Å²) in [6, 6.07) is 13.2. The van der Waals surface area contributed by atoms with Crippen molar-refractivity contribution in [2.45, 2.75) is 6.92 Å². The van der Waals surface area contributed by atoms with E-state index >= 15 is 0 Å². The number of halogens is 1. The fourth-order valence-corrected chi connectivity index (χ4v) is 2.86. The first-order chi connectivity index (χ1) is 12.0. The number of aryl methyl sites for hydroxylation is 1. The van der Waals surface area contributed by atoms with Gasteiger partial charge in [-0.15, -0.1) is 5.11 Å². The summed E-state index contributed by atoms with van der Waals surface area (Å²) in [5.41, 5.74) is 1.31. The molecule has 0 aliphatic rings. The molecule has 3 aromatic rings. The van der Waals surface area contributed by atoms with Crippen LogP contribution in [-0.4, -0.2) is 14.7 Å². The predicted molar refractivity (Wildman–Crippen MR) is 101 cm³/mol. The Kier molecular flexibility index (Phi) is 4.74. The number of hydrogen-bond acceptors (Lipinski definition) is 5. The van der Waals surface area contributed by atoms with Gasteiger partial charge in [-0.3, -0.25) is 20.0 Å². The molecule has 0 spiro atoms. The highest BCUT2D eigenvalue weighted by Crippen LogP contribution is 2.23. The van der Waals surface area contributed by atoms with E-state index in [2.05, 4.69) is 37.9 Å². The first-order valence-electron chi connectivity index (χ1n) is 7.20. The SMILES string of the molecule is Cc1[nH]n(-c2ccccc2I)c(=O)c1N=Nc1cccc([N+](=O)[O-])c1. The lowest BCUT2D eigenvalue weighted by Gasteiger charge is -2.03. The molecule has 1 N–H and O–H groups in total. The molecule has 0 fully saturated rings. The van der Waals surface area contributed by atoms with Crippen molar-refractivity contribution in [1.29, 1.82) is 0 Å². The molecule has 8 nitrogen and oxygen atoms in total. The van der Waals surface area contributed by atoms with Gasteiger partial charge in [0.2, 0.25) is 0 Å². The maximum absolute atomic E-state index is 12.6. The third-order valence-electron chi connectivity index (χ3n) is 3.44. The molecular weight excluding hydrogens is 437 g/mol. The molecule has 0 atom stereocenters. The summed E-state index contributed by atoms with van der Waals surface area (Å²) in [5.74, 6) is 0. The van der Waals surface area contributed by atoms with E-state index in [1.807, 2.05) is 24.3 Å². The lowest BCUT2D eigenvalue weighted by molar-refractivity contribution is -0.384. The van der Waals surface area contributed by atoms with Crippen molar-refractivity contribution in [2.75, 3.05) is 0 Å². The van der Waals surface area contributed by atoms with Crippen LogP contribution < -0.4 is 5.56 Å². The number of nitrogens with one attached hydrogen (secondary N) is 1. The van der Waals surface area contributed by atoms with Gasteiger partial charge in [0.05, 0.1) is 22.0 Å². The molecule has 0 unspecified atom stereocenters. The van der Waals surface area contributed by atoms with E-state index in [1.54, 1.807) is 13.0 Å². The number of hydrogen-bond donors (Lipinski definition) is 1. The van der Waals surface area contributed by atoms with Crippen molar-refractivity contribution in [3.05, 3.63) is 78.3 Å². The van der Waals surface area contributed by atoms with Crippen LogP contribution in [0.2, 0.25) is 0 Å². The van der Waals surface area contributed by atoms with Crippen molar-refractivity contribution < 1.29 is 4.92 Å². The maximum atomic E-state index is 12.6. The number of nitro groups is 1. The molecule has 126 valence electrons. The topological polar surface area (TPSA) is 106 Å². The summed E-state index contributed by atoms with van der Waals surface area (Å²) in [4.78, 5) is 22.9. The molecule has 0 radical (unpaired) electrons. The predicted octanol–water partition coefficient (Wildman–Crippen LogP) is 4.40. The number of benzene rings is 2. The minimum atomic E-state index is -0.509. The van der Waals surface area contributed by atoms with E-state index in [1.165, 1.54) is 22.9 Å². The van der Waals surface area contributed by atoms with Crippen LogP contribution in [0, 0.1) is 20.6 Å². The van der Waals surface area contributed by atoms with E-state index in [0.29, 0.717) is 17.1 Å². The van der Waals surface area contributed by atoms with Gasteiger partial charge >= 0.3 is 0 Å². The average molecular weight is 449 g/mol. The van der Waals surface area contributed by atoms with Gasteiger partial charge in [-0.05, 0) is 47.7 Å². The summed E-state index contributed by atoms with van der Waals surface area (Å²) in [6.07, 6.45) is 0. The van der Waals surface area contributed by atoms with Crippen molar-refractivity contribution in [3.63, 3.8) is 0 Å². The van der Waals surface area contributed by atoms with Crippen LogP contribution in [0.15, 0.2) is 63.6 Å². The molecule has 2 aromatic carbocycles. The zero-order chi connectivity index (χ0) is 18.0. The van der Waals surface area contributed by atoms with Crippen LogP contribution in [0.3, 0.4) is 0 Å². The highest BCUT2D eigenvalue weighted by molar-refractivity contribution is 14.1. The van der Waals surface area contributed by atoms with E-state index in [9.17, 15) is 14.9 Å². The Morgan fingerprint density at radius 1 is 1.16 bits per heavy atom. The monoisotopic (exact) mass is 449 g/mol.